The van der Waals surface area contributed by atoms with Crippen molar-refractivity contribution in [2.75, 3.05) is 13.7 Å². The van der Waals surface area contributed by atoms with Crippen molar-refractivity contribution in [3.63, 3.8) is 0 Å². The molecule has 3 N–H and O–H groups in total. The second kappa shape index (κ2) is 14.3. The Bertz CT molecular complexity index is 1150. The number of methoxy groups -OCH3 is 1. The molecule has 41 heavy (non-hydrogen) atoms. The van der Waals surface area contributed by atoms with Crippen LogP contribution in [0.3, 0.4) is 0 Å². The maximum atomic E-state index is 13.4. The first-order valence-corrected chi connectivity index (χ1v) is 13.2. The molecule has 0 aliphatic carbocycles. The van der Waals surface area contributed by atoms with Gasteiger partial charge in [0.25, 0.3) is 0 Å². The molecule has 1 aliphatic heterocycles. The van der Waals surface area contributed by atoms with Gasteiger partial charge in [-0.2, -0.15) is 0 Å². The van der Waals surface area contributed by atoms with Crippen molar-refractivity contribution in [3.05, 3.63) is 30.3 Å². The monoisotopic (exact) mass is 598 g/mol. The lowest BCUT2D eigenvalue weighted by atomic mass is 9.83. The number of rotatable bonds is 11. The van der Waals surface area contributed by atoms with Crippen LogP contribution in [0.5, 0.6) is 0 Å². The zero-order valence-corrected chi connectivity index (χ0v) is 24.3. The van der Waals surface area contributed by atoms with Gasteiger partial charge < -0.3 is 39.5 Å². The number of ether oxygens (including phenoxy) is 6. The number of hydrogen-bond donors (Lipinski definition) is 2. The molecule has 1 fully saturated rings. The predicted octanol–water partition coefficient (Wildman–Crippen LogP) is 0.586. The molecule has 1 aliphatic rings. The quantitative estimate of drug-likeness (QED) is 0.204. The lowest BCUT2D eigenvalue weighted by Crippen LogP contribution is -2.79. The van der Waals surface area contributed by atoms with Crippen molar-refractivity contribution in [1.82, 2.24) is 5.32 Å². The Morgan fingerprint density at radius 2 is 1.59 bits per heavy atom. The van der Waals surface area contributed by atoms with Gasteiger partial charge >= 0.3 is 29.8 Å². The van der Waals surface area contributed by atoms with Crippen molar-refractivity contribution in [1.29, 1.82) is 0 Å². The van der Waals surface area contributed by atoms with Gasteiger partial charge in [0.1, 0.15) is 18.8 Å². The molecule has 0 radical (unpaired) electrons. The van der Waals surface area contributed by atoms with Gasteiger partial charge in [-0.3, -0.25) is 24.0 Å². The normalized spacial score (nSPS) is 25.0. The minimum Gasteiger partial charge on any atom is -0.466 e. The molecule has 226 valence electrons. The van der Waals surface area contributed by atoms with Crippen molar-refractivity contribution >= 4 is 47.5 Å². The fourth-order valence-corrected chi connectivity index (χ4v) is 5.52. The smallest absolute Gasteiger partial charge is 0.349 e. The number of benzene rings is 1. The topological polar surface area (TPSA) is 196 Å². The summed E-state index contributed by atoms with van der Waals surface area (Å²) in [5.74, 6) is -4.96. The van der Waals surface area contributed by atoms with Crippen molar-refractivity contribution in [3.8, 4) is 0 Å². The van der Waals surface area contributed by atoms with Gasteiger partial charge in [0.05, 0.1) is 7.11 Å². The van der Waals surface area contributed by atoms with Gasteiger partial charge in [-0.05, 0) is 12.1 Å². The molecule has 1 aromatic carbocycles. The number of hydrogen-bond acceptors (Lipinski definition) is 14. The molecule has 6 atom stereocenters. The highest BCUT2D eigenvalue weighted by Gasteiger charge is 2.64. The molecule has 1 saturated heterocycles. The number of carbonyl (C=O) groups is 6. The summed E-state index contributed by atoms with van der Waals surface area (Å²) in [5, 5.41) is 2.48. The summed E-state index contributed by atoms with van der Waals surface area (Å²) >= 11 is 0.889. The van der Waals surface area contributed by atoms with E-state index in [0.29, 0.717) is 4.90 Å². The molecule has 14 nitrogen and oxygen atoms in total. The highest BCUT2D eigenvalue weighted by molar-refractivity contribution is 8.01. The molecule has 1 aromatic rings. The largest absolute Gasteiger partial charge is 0.466 e. The average Bonchev–Trinajstić information content (AvgIpc) is 2.86. The van der Waals surface area contributed by atoms with Crippen molar-refractivity contribution in [2.24, 2.45) is 5.73 Å². The first kappa shape index (κ1) is 33.5. The van der Waals surface area contributed by atoms with Gasteiger partial charge in [0.2, 0.25) is 10.8 Å². The van der Waals surface area contributed by atoms with Gasteiger partial charge in [0.15, 0.2) is 17.9 Å². The van der Waals surface area contributed by atoms with E-state index in [1.54, 1.807) is 30.3 Å². The summed E-state index contributed by atoms with van der Waals surface area (Å²) in [4.78, 5) is 72.6. The first-order valence-electron chi connectivity index (χ1n) is 12.4. The molecule has 0 unspecified atom stereocenters. The van der Waals surface area contributed by atoms with E-state index >= 15 is 0 Å². The van der Waals surface area contributed by atoms with Crippen LogP contribution < -0.4 is 11.1 Å². The van der Waals surface area contributed by atoms with E-state index in [-0.39, 0.29) is 0 Å². The molecule has 1 amide bonds. The third kappa shape index (κ3) is 8.90. The molecule has 15 heteroatoms. The summed E-state index contributed by atoms with van der Waals surface area (Å²) in [6.07, 6.45) is -6.94. The number of carbonyl (C=O) groups excluding carboxylic acids is 6. The Hall–Kier alpha value is -3.69. The van der Waals surface area contributed by atoms with E-state index < -0.39 is 83.8 Å². The van der Waals surface area contributed by atoms with Crippen LogP contribution in [0.15, 0.2) is 35.2 Å². The number of nitrogens with two attached hydrogens (primary N) is 1. The van der Waals surface area contributed by atoms with Crippen LogP contribution in [-0.2, 0) is 57.2 Å². The maximum Gasteiger partial charge on any atom is 0.349 e. The minimum atomic E-state index is -2.18. The zero-order valence-electron chi connectivity index (χ0n) is 23.5. The van der Waals surface area contributed by atoms with Crippen LogP contribution in [0.1, 0.15) is 41.0 Å². The Balaban J connectivity index is 2.85. The molecule has 0 aromatic heterocycles. The molecular formula is C26H34N2O12S. The van der Waals surface area contributed by atoms with Crippen LogP contribution >= 0.6 is 11.8 Å². The molecule has 1 heterocycles. The Morgan fingerprint density at radius 1 is 0.976 bits per heavy atom. The van der Waals surface area contributed by atoms with Crippen LogP contribution in [0.2, 0.25) is 0 Å². The highest BCUT2D eigenvalue weighted by atomic mass is 32.2. The number of amides is 1. The Labute approximate surface area is 240 Å². The summed E-state index contributed by atoms with van der Waals surface area (Å²) < 4.78 is 32.8. The van der Waals surface area contributed by atoms with Gasteiger partial charge in [0, 0.05) is 45.9 Å². The highest BCUT2D eigenvalue weighted by Crippen LogP contribution is 2.47. The van der Waals surface area contributed by atoms with Crippen LogP contribution in [-0.4, -0.2) is 84.5 Å². The van der Waals surface area contributed by atoms with Crippen LogP contribution in [0, 0.1) is 0 Å². The Morgan fingerprint density at radius 3 is 2.07 bits per heavy atom. The Kier molecular flexibility index (Phi) is 11.7. The van der Waals surface area contributed by atoms with E-state index in [1.807, 2.05) is 0 Å². The first-order chi connectivity index (χ1) is 19.1. The number of nitrogens with one attached hydrogen (secondary N) is 1. The third-order valence-electron chi connectivity index (χ3n) is 5.73. The maximum absolute atomic E-state index is 13.4. The molecule has 2 rings (SSSR count). The van der Waals surface area contributed by atoms with Gasteiger partial charge in [-0.1, -0.05) is 30.0 Å². The van der Waals surface area contributed by atoms with Gasteiger partial charge in [-0.25, -0.2) is 4.79 Å². The summed E-state index contributed by atoms with van der Waals surface area (Å²) in [5.41, 5.74) is 4.54. The lowest BCUT2D eigenvalue weighted by molar-refractivity contribution is -0.241. The number of esters is 5. The summed E-state index contributed by atoms with van der Waals surface area (Å²) in [6.45, 7) is 4.79. The van der Waals surface area contributed by atoms with Crippen molar-refractivity contribution < 1.29 is 57.2 Å². The average molecular weight is 599 g/mol. The van der Waals surface area contributed by atoms with E-state index in [2.05, 4.69) is 5.32 Å². The molecule has 0 bridgehead atoms. The van der Waals surface area contributed by atoms with E-state index in [4.69, 9.17) is 34.2 Å². The fraction of sp³-hybridized carbons (Fsp3) is 0.538. The van der Waals surface area contributed by atoms with Crippen molar-refractivity contribution in [2.45, 2.75) is 80.9 Å². The van der Waals surface area contributed by atoms with Crippen LogP contribution in [0.25, 0.3) is 0 Å². The van der Waals surface area contributed by atoms with Crippen LogP contribution in [0.4, 0.5) is 0 Å². The van der Waals surface area contributed by atoms with Gasteiger partial charge in [-0.15, -0.1) is 0 Å². The summed E-state index contributed by atoms with van der Waals surface area (Å²) in [6, 6.07) is 8.52. The lowest BCUT2D eigenvalue weighted by Gasteiger charge is -2.53. The molecular weight excluding hydrogens is 564 g/mol. The van der Waals surface area contributed by atoms with E-state index in [9.17, 15) is 28.8 Å². The standard InChI is InChI=1S/C26H34N2O12S/c1-14(29)28-26(27)21(38-17(4)32)12-25(24(34)35-6,41-19-10-8-7-9-11-19)40-23(26)22(39-18(5)33)20(37-16(3)31)13-36-15(2)30/h7-11,20-23H,12-13,27H2,1-6H3,(H,28,29)/t20-,21+,22-,23+,25-,26+/m1/s1. The fourth-order valence-electron chi connectivity index (χ4n) is 4.29. The summed E-state index contributed by atoms with van der Waals surface area (Å²) in [7, 11) is 1.11. The van der Waals surface area contributed by atoms with E-state index in [0.717, 1.165) is 53.5 Å². The predicted molar refractivity (Wildman–Crippen MR) is 141 cm³/mol. The van der Waals surface area contributed by atoms with E-state index in [1.165, 1.54) is 0 Å². The number of thioether (sulfide) groups is 1. The second-order valence-corrected chi connectivity index (χ2v) is 10.5. The minimum absolute atomic E-state index is 0.430. The second-order valence-electron chi connectivity index (χ2n) is 9.14. The molecule has 0 saturated carbocycles. The third-order valence-corrected chi connectivity index (χ3v) is 7.00. The zero-order chi connectivity index (χ0) is 31.0. The SMILES string of the molecule is COC(=O)[C@]1(Sc2ccccc2)C[C@H](OC(C)=O)[C@](N)(NC(C)=O)[C@H]([C@H](OC(C)=O)[C@@H](COC(C)=O)OC(C)=O)O1. The molecule has 0 spiro atoms.